The summed E-state index contributed by atoms with van der Waals surface area (Å²) in [5.41, 5.74) is 0.474. The molecule has 2 aromatic carbocycles. The number of carbonyl (C=O) groups is 5. The van der Waals surface area contributed by atoms with E-state index in [9.17, 15) is 24.3 Å². The molecule has 3 heterocycles. The van der Waals surface area contributed by atoms with E-state index in [1.807, 2.05) is 70.2 Å². The van der Waals surface area contributed by atoms with Crippen LogP contribution in [0.15, 0.2) is 96.6 Å². The Bertz CT molecular complexity index is 2360. The number of cyclic esters (lactones) is 1. The molecule has 6 rings (SSSR count). The highest BCUT2D eigenvalue weighted by Crippen LogP contribution is 2.46. The lowest BCUT2D eigenvalue weighted by atomic mass is 9.66. The van der Waals surface area contributed by atoms with Crippen LogP contribution in [-0.4, -0.2) is 130 Å². The molecule has 14 nitrogen and oxygen atoms in total. The van der Waals surface area contributed by atoms with Crippen molar-refractivity contribution in [1.82, 2.24) is 4.90 Å². The van der Waals surface area contributed by atoms with Crippen LogP contribution >= 0.6 is 0 Å². The van der Waals surface area contributed by atoms with Gasteiger partial charge in [-0.1, -0.05) is 126 Å². The molecular formula is C62H89NO13Si. The molecule has 1 aliphatic carbocycles. The van der Waals surface area contributed by atoms with Crippen LogP contribution in [-0.2, 0) is 56.8 Å². The summed E-state index contributed by atoms with van der Waals surface area (Å²) >= 11 is 0. The molecular weight excluding hydrogens is 995 g/mol. The van der Waals surface area contributed by atoms with E-state index in [4.69, 9.17) is 32.8 Å². The summed E-state index contributed by atoms with van der Waals surface area (Å²) in [6.07, 6.45) is 5.48. The number of ether oxygens (including phenoxy) is 6. The minimum atomic E-state index is -2.57. The number of nitrogens with zero attached hydrogens (tertiary/aromatic N) is 1. The Labute approximate surface area is 460 Å². The van der Waals surface area contributed by atoms with Gasteiger partial charge in [-0.15, -0.1) is 6.58 Å². The molecule has 0 aromatic heterocycles. The van der Waals surface area contributed by atoms with Crippen molar-refractivity contribution in [1.29, 1.82) is 0 Å². The maximum atomic E-state index is 15.2. The van der Waals surface area contributed by atoms with Gasteiger partial charge in [-0.05, 0) is 105 Å². The summed E-state index contributed by atoms with van der Waals surface area (Å²) in [4.78, 5) is 73.9. The average molecular weight is 1080 g/mol. The number of methoxy groups -OCH3 is 3. The largest absolute Gasteiger partial charge is 0.462 e. The zero-order valence-electron chi connectivity index (χ0n) is 48.0. The second-order valence-electron chi connectivity index (χ2n) is 23.8. The zero-order chi connectivity index (χ0) is 56.4. The van der Waals surface area contributed by atoms with E-state index in [0.29, 0.717) is 50.5 Å². The number of Topliss-reactive ketones (excluding diaryl/α,β-unsaturated/α-hetero) is 2. The minimum Gasteiger partial charge on any atom is -0.462 e. The first kappa shape index (κ1) is 61.6. The molecule has 1 amide bonds. The number of ketones is 2. The first-order valence-electron chi connectivity index (χ1n) is 28.0. The second kappa shape index (κ2) is 27.0. The Morgan fingerprint density at radius 3 is 2.04 bits per heavy atom. The van der Waals surface area contributed by atoms with Crippen molar-refractivity contribution in [3.8, 4) is 0 Å². The number of benzene rings is 2. The van der Waals surface area contributed by atoms with Gasteiger partial charge in [-0.25, -0.2) is 4.79 Å². The third-order valence-corrected chi connectivity index (χ3v) is 19.6. The summed E-state index contributed by atoms with van der Waals surface area (Å²) in [6, 6.07) is 19.2. The number of aliphatic hydroxyl groups is 1. The molecule has 1 saturated carbocycles. The number of rotatable bonds is 12. The molecule has 2 aromatic rings. The number of hydrogen-bond donors (Lipinski definition) is 1. The van der Waals surface area contributed by atoms with Gasteiger partial charge < -0.3 is 42.9 Å². The van der Waals surface area contributed by atoms with E-state index in [2.05, 4.69) is 57.7 Å². The first-order chi connectivity index (χ1) is 36.5. The average Bonchev–Trinajstić information content (AvgIpc) is 3.40. The van der Waals surface area contributed by atoms with Gasteiger partial charge in [-0.2, -0.15) is 0 Å². The third-order valence-electron chi connectivity index (χ3n) is 16.9. The Morgan fingerprint density at radius 2 is 1.47 bits per heavy atom. The predicted molar refractivity (Wildman–Crippen MR) is 299 cm³/mol. The Morgan fingerprint density at radius 1 is 0.857 bits per heavy atom. The van der Waals surface area contributed by atoms with Gasteiger partial charge in [0.1, 0.15) is 30.1 Å². The van der Waals surface area contributed by atoms with Crippen LogP contribution < -0.4 is 10.4 Å². The summed E-state index contributed by atoms with van der Waals surface area (Å²) in [5.74, 6) is -8.55. The molecule has 77 heavy (non-hydrogen) atoms. The maximum Gasteiger partial charge on any atom is 0.329 e. The molecule has 0 spiro atoms. The number of piperidine rings is 1. The van der Waals surface area contributed by atoms with Crippen molar-refractivity contribution >= 4 is 48.8 Å². The molecule has 1 N–H and O–H groups in total. The lowest BCUT2D eigenvalue weighted by Gasteiger charge is -2.48. The van der Waals surface area contributed by atoms with Crippen molar-refractivity contribution in [3.63, 3.8) is 0 Å². The van der Waals surface area contributed by atoms with Gasteiger partial charge in [-0.3, -0.25) is 19.2 Å². The zero-order valence-corrected chi connectivity index (χ0v) is 49.2. The van der Waals surface area contributed by atoms with Crippen molar-refractivity contribution in [2.45, 2.75) is 187 Å². The molecule has 14 unspecified atom stereocenters. The highest BCUT2D eigenvalue weighted by atomic mass is 28.3. The van der Waals surface area contributed by atoms with Gasteiger partial charge in [0.15, 0.2) is 0 Å². The highest BCUT2D eigenvalue weighted by molar-refractivity contribution is 6.80. The number of fused-ring (bicyclic) bond motifs is 3. The van der Waals surface area contributed by atoms with Crippen LogP contribution in [0.2, 0.25) is 0 Å². The van der Waals surface area contributed by atoms with Gasteiger partial charge in [0.25, 0.3) is 11.7 Å². The molecule has 2 saturated heterocycles. The number of esters is 2. The van der Waals surface area contributed by atoms with Crippen LogP contribution in [0, 0.1) is 35.0 Å². The van der Waals surface area contributed by atoms with E-state index in [1.54, 1.807) is 20.1 Å². The topological polar surface area (TPSA) is 173 Å². The molecule has 0 radical (unpaired) electrons. The van der Waals surface area contributed by atoms with Crippen LogP contribution in [0.3, 0.4) is 0 Å². The number of hydrogen-bond acceptors (Lipinski definition) is 13. The van der Waals surface area contributed by atoms with Crippen molar-refractivity contribution < 1.29 is 61.9 Å². The standard InChI is InChI=1S/C62H89NO13Si/c1-14-23-45-33-39(2)32-40(3)34-52(70-11)56-53(71-12)35-42(5)62(69,75-56)57(66)58(67)63-31-22-21-28-49(63)59(68)74-55(43(6)51(36-50(45)65)73-44(7)64)41(4)37-61(30-29-48(60(8,9)10)54(38-61)72-13)76-77(46-24-17-15-18-25-46)47-26-19-16-20-27-47/h14-20,24-27,33,37,40,42-43,45,48-49,51-56,69,77H,1,21-23,28-32,34-36,38H2,2-13H3. The number of allylic oxidation sites excluding steroid dienone is 3. The number of carbonyl (C=O) groups excluding carboxylic acids is 5. The van der Waals surface area contributed by atoms with E-state index >= 15 is 4.79 Å². The van der Waals surface area contributed by atoms with Crippen LogP contribution in [0.5, 0.6) is 0 Å². The Kier molecular flexibility index (Phi) is 21.6. The molecule has 3 fully saturated rings. The van der Waals surface area contributed by atoms with Crippen molar-refractivity contribution in [3.05, 3.63) is 96.6 Å². The van der Waals surface area contributed by atoms with E-state index < -0.39 is 98.4 Å². The fraction of sp³-hybridized carbons (Fsp3) is 0.629. The fourth-order valence-corrected chi connectivity index (χ4v) is 15.3. The quantitative estimate of drug-likeness (QED) is 0.0934. The summed E-state index contributed by atoms with van der Waals surface area (Å²) < 4.78 is 45.3. The van der Waals surface area contributed by atoms with Gasteiger partial charge in [0.2, 0.25) is 14.8 Å². The van der Waals surface area contributed by atoms with E-state index in [1.165, 1.54) is 26.0 Å². The van der Waals surface area contributed by atoms with Crippen molar-refractivity contribution in [2.75, 3.05) is 27.9 Å². The third kappa shape index (κ3) is 15.0. The molecule has 424 valence electrons. The summed E-state index contributed by atoms with van der Waals surface area (Å²) in [6.45, 7) is 21.3. The maximum absolute atomic E-state index is 15.2. The number of amides is 1. The van der Waals surface area contributed by atoms with Crippen LogP contribution in [0.4, 0.5) is 0 Å². The fourth-order valence-electron chi connectivity index (χ4n) is 12.8. The van der Waals surface area contributed by atoms with Crippen LogP contribution in [0.25, 0.3) is 0 Å². The highest BCUT2D eigenvalue weighted by Gasteiger charge is 2.57. The van der Waals surface area contributed by atoms with Gasteiger partial charge >= 0.3 is 11.9 Å². The smallest absolute Gasteiger partial charge is 0.329 e. The molecule has 14 atom stereocenters. The monoisotopic (exact) mass is 1080 g/mol. The summed E-state index contributed by atoms with van der Waals surface area (Å²) in [7, 11) is 2.33. The molecule has 3 aliphatic heterocycles. The van der Waals surface area contributed by atoms with Gasteiger partial charge in [0.05, 0.1) is 23.9 Å². The molecule has 2 bridgehead atoms. The van der Waals surface area contributed by atoms with E-state index in [0.717, 1.165) is 22.4 Å². The Balaban J connectivity index is 1.52. The predicted octanol–water partition coefficient (Wildman–Crippen LogP) is 8.19. The second-order valence-corrected chi connectivity index (χ2v) is 26.1. The lowest BCUT2D eigenvalue weighted by Crippen LogP contribution is -2.64. The summed E-state index contributed by atoms with van der Waals surface area (Å²) in [5, 5.41) is 14.5. The van der Waals surface area contributed by atoms with Crippen molar-refractivity contribution in [2.24, 2.45) is 35.0 Å². The lowest BCUT2D eigenvalue weighted by molar-refractivity contribution is -0.302. The van der Waals surface area contributed by atoms with Gasteiger partial charge in [0, 0.05) is 65.4 Å². The first-order valence-corrected chi connectivity index (χ1v) is 29.6. The van der Waals surface area contributed by atoms with Crippen LogP contribution in [0.1, 0.15) is 133 Å². The SMILES string of the molecule is C=CCC1C=C(C)CC(C)CC(OC)C2OC(O)(C(=O)C(=O)N3CCCCC3C(=O)OC(C(C)=CC3(O[SiH](c4ccccc4)c4ccccc4)CCC(C(C)(C)C)C(OC)C3)C(C)C(OC(C)=O)CC1=O)C(C)CC2OC. The van der Waals surface area contributed by atoms with E-state index in [-0.39, 0.29) is 54.9 Å². The Hall–Kier alpha value is -4.61. The molecule has 15 heteroatoms. The molecule has 4 aliphatic rings. The normalized spacial score (nSPS) is 33.8. The minimum absolute atomic E-state index is 0.0365.